The van der Waals surface area contributed by atoms with Crippen LogP contribution in [0, 0.1) is 19.7 Å². The summed E-state index contributed by atoms with van der Waals surface area (Å²) in [4.78, 5) is -0.414. The highest BCUT2D eigenvalue weighted by Crippen LogP contribution is 2.22. The molecule has 0 unspecified atom stereocenters. The Bertz CT molecular complexity index is 739. The zero-order chi connectivity index (χ0) is 14.9. The summed E-state index contributed by atoms with van der Waals surface area (Å²) in [7, 11) is -3.93. The van der Waals surface area contributed by atoms with Crippen LogP contribution in [0.3, 0.4) is 0 Å². The Morgan fingerprint density at radius 3 is 2.55 bits per heavy atom. The highest BCUT2D eigenvalue weighted by molar-refractivity contribution is 7.89. The second-order valence-electron chi connectivity index (χ2n) is 4.55. The Morgan fingerprint density at radius 1 is 1.25 bits per heavy atom. The minimum atomic E-state index is -3.93. The van der Waals surface area contributed by atoms with Gasteiger partial charge in [0, 0.05) is 12.2 Å². The van der Waals surface area contributed by atoms with E-state index in [-0.39, 0.29) is 17.8 Å². The summed E-state index contributed by atoms with van der Waals surface area (Å²) in [5.74, 6) is -0.770. The number of rotatable bonds is 4. The van der Waals surface area contributed by atoms with Gasteiger partial charge < -0.3 is 5.73 Å². The van der Waals surface area contributed by atoms with E-state index in [9.17, 15) is 12.8 Å². The van der Waals surface area contributed by atoms with Crippen LogP contribution >= 0.6 is 11.3 Å². The molecule has 0 bridgehead atoms. The molecule has 0 aliphatic rings. The Labute approximate surface area is 121 Å². The minimum absolute atomic E-state index is 0.130. The van der Waals surface area contributed by atoms with Crippen molar-refractivity contribution in [2.24, 2.45) is 0 Å². The third kappa shape index (κ3) is 3.00. The molecule has 108 valence electrons. The van der Waals surface area contributed by atoms with Crippen molar-refractivity contribution in [2.75, 3.05) is 5.73 Å². The molecule has 0 aliphatic heterocycles. The summed E-state index contributed by atoms with van der Waals surface area (Å²) in [6.07, 6.45) is 0. The fourth-order valence-electron chi connectivity index (χ4n) is 1.78. The van der Waals surface area contributed by atoms with E-state index >= 15 is 0 Å². The number of benzene rings is 1. The number of nitrogens with one attached hydrogen (secondary N) is 1. The van der Waals surface area contributed by atoms with Gasteiger partial charge in [0.25, 0.3) is 0 Å². The molecule has 1 heterocycles. The summed E-state index contributed by atoms with van der Waals surface area (Å²) in [6, 6.07) is 2.53. The molecule has 1 aromatic carbocycles. The lowest BCUT2D eigenvalue weighted by atomic mass is 10.2. The lowest BCUT2D eigenvalue weighted by molar-refractivity contribution is 0.553. The molecule has 0 atom stereocenters. The first-order valence-electron chi connectivity index (χ1n) is 5.88. The predicted octanol–water partition coefficient (Wildman–Crippen LogP) is 2.56. The summed E-state index contributed by atoms with van der Waals surface area (Å²) in [5.41, 5.74) is 7.88. The van der Waals surface area contributed by atoms with Gasteiger partial charge in [0.05, 0.1) is 0 Å². The number of hydrogen-bond donors (Lipinski definition) is 2. The largest absolute Gasteiger partial charge is 0.399 e. The minimum Gasteiger partial charge on any atom is -0.399 e. The number of hydrogen-bond acceptors (Lipinski definition) is 4. The van der Waals surface area contributed by atoms with E-state index in [0.29, 0.717) is 0 Å². The Morgan fingerprint density at radius 2 is 1.95 bits per heavy atom. The van der Waals surface area contributed by atoms with Crippen LogP contribution in [0.4, 0.5) is 10.1 Å². The van der Waals surface area contributed by atoms with Crippen LogP contribution in [0.1, 0.15) is 16.7 Å². The van der Waals surface area contributed by atoms with Gasteiger partial charge in [-0.2, -0.15) is 11.3 Å². The van der Waals surface area contributed by atoms with Crippen molar-refractivity contribution >= 4 is 27.0 Å². The van der Waals surface area contributed by atoms with E-state index in [4.69, 9.17) is 5.73 Å². The molecule has 0 saturated heterocycles. The van der Waals surface area contributed by atoms with E-state index in [1.54, 1.807) is 0 Å². The van der Waals surface area contributed by atoms with Crippen molar-refractivity contribution in [1.29, 1.82) is 0 Å². The lowest BCUT2D eigenvalue weighted by Gasteiger charge is -2.10. The number of nitrogens with two attached hydrogens (primary N) is 1. The fourth-order valence-corrected chi connectivity index (χ4v) is 3.82. The standard InChI is InChI=1S/C13H15FN2O2S2/c1-8-3-11(15)4-12(13(8)14)20(17,18)16-5-10-7-19-6-9(10)2/h3-4,6-7,16H,5,15H2,1-2H3. The first-order valence-corrected chi connectivity index (χ1v) is 8.31. The lowest BCUT2D eigenvalue weighted by Crippen LogP contribution is -2.24. The van der Waals surface area contributed by atoms with Gasteiger partial charge >= 0.3 is 0 Å². The van der Waals surface area contributed by atoms with Gasteiger partial charge in [0.2, 0.25) is 10.0 Å². The maximum absolute atomic E-state index is 13.9. The molecule has 0 radical (unpaired) electrons. The van der Waals surface area contributed by atoms with Crippen molar-refractivity contribution in [2.45, 2.75) is 25.3 Å². The second-order valence-corrected chi connectivity index (χ2v) is 7.03. The van der Waals surface area contributed by atoms with Gasteiger partial charge in [-0.3, -0.25) is 0 Å². The summed E-state index contributed by atoms with van der Waals surface area (Å²) >= 11 is 1.49. The normalized spacial score (nSPS) is 11.8. The third-order valence-corrected chi connectivity index (χ3v) is 5.26. The van der Waals surface area contributed by atoms with Gasteiger partial charge in [0.1, 0.15) is 10.7 Å². The molecule has 0 saturated carbocycles. The van der Waals surface area contributed by atoms with Crippen LogP contribution in [0.25, 0.3) is 0 Å². The van der Waals surface area contributed by atoms with Crippen molar-refractivity contribution < 1.29 is 12.8 Å². The van der Waals surface area contributed by atoms with E-state index in [1.165, 1.54) is 24.3 Å². The Hall–Kier alpha value is -1.44. The Balaban J connectivity index is 2.29. The van der Waals surface area contributed by atoms with E-state index < -0.39 is 20.7 Å². The second kappa shape index (κ2) is 5.51. The van der Waals surface area contributed by atoms with Gasteiger partial charge in [0.15, 0.2) is 0 Å². The van der Waals surface area contributed by atoms with Crippen molar-refractivity contribution in [3.05, 3.63) is 45.4 Å². The van der Waals surface area contributed by atoms with E-state index in [0.717, 1.165) is 17.2 Å². The van der Waals surface area contributed by atoms with Crippen molar-refractivity contribution in [1.82, 2.24) is 4.72 Å². The first-order chi connectivity index (χ1) is 9.31. The number of halogens is 1. The van der Waals surface area contributed by atoms with Crippen molar-refractivity contribution in [3.8, 4) is 0 Å². The van der Waals surface area contributed by atoms with Crippen LogP contribution in [0.15, 0.2) is 27.8 Å². The van der Waals surface area contributed by atoms with E-state index in [2.05, 4.69) is 4.72 Å². The molecule has 0 spiro atoms. The topological polar surface area (TPSA) is 72.2 Å². The van der Waals surface area contributed by atoms with Crippen LogP contribution < -0.4 is 10.5 Å². The third-order valence-electron chi connectivity index (χ3n) is 2.95. The van der Waals surface area contributed by atoms with E-state index in [1.807, 2.05) is 17.7 Å². The first kappa shape index (κ1) is 15.0. The molecule has 0 amide bonds. The fraction of sp³-hybridized carbons (Fsp3) is 0.231. The van der Waals surface area contributed by atoms with Crippen LogP contribution in [-0.2, 0) is 16.6 Å². The molecule has 2 aromatic rings. The zero-order valence-corrected chi connectivity index (χ0v) is 12.7. The van der Waals surface area contributed by atoms with Gasteiger partial charge in [-0.05, 0) is 53.4 Å². The zero-order valence-electron chi connectivity index (χ0n) is 11.1. The molecular formula is C13H15FN2O2S2. The number of sulfonamides is 1. The summed E-state index contributed by atoms with van der Waals surface area (Å²) < 4.78 is 40.7. The molecule has 2 rings (SSSR count). The molecule has 0 aliphatic carbocycles. The molecule has 4 nitrogen and oxygen atoms in total. The SMILES string of the molecule is Cc1cscc1CNS(=O)(=O)c1cc(N)cc(C)c1F. The smallest absolute Gasteiger partial charge is 0.243 e. The molecule has 1 aromatic heterocycles. The van der Waals surface area contributed by atoms with Crippen LogP contribution in [0.5, 0.6) is 0 Å². The average molecular weight is 314 g/mol. The van der Waals surface area contributed by atoms with Crippen LogP contribution in [0.2, 0.25) is 0 Å². The highest BCUT2D eigenvalue weighted by Gasteiger charge is 2.21. The van der Waals surface area contributed by atoms with Crippen LogP contribution in [-0.4, -0.2) is 8.42 Å². The number of aryl methyl sites for hydroxylation is 2. The van der Waals surface area contributed by atoms with Gasteiger partial charge in [-0.25, -0.2) is 17.5 Å². The Kier molecular flexibility index (Phi) is 4.12. The number of thiophene rings is 1. The molecular weight excluding hydrogens is 299 g/mol. The molecule has 20 heavy (non-hydrogen) atoms. The number of nitrogen functional groups attached to an aromatic ring is 1. The molecule has 0 fully saturated rings. The average Bonchev–Trinajstić information content (AvgIpc) is 2.77. The summed E-state index contributed by atoms with van der Waals surface area (Å²) in [5, 5.41) is 3.79. The molecule has 7 heteroatoms. The predicted molar refractivity (Wildman–Crippen MR) is 78.6 cm³/mol. The number of anilines is 1. The maximum atomic E-state index is 13.9. The maximum Gasteiger partial charge on any atom is 0.243 e. The highest BCUT2D eigenvalue weighted by atomic mass is 32.2. The van der Waals surface area contributed by atoms with Crippen molar-refractivity contribution in [3.63, 3.8) is 0 Å². The monoisotopic (exact) mass is 314 g/mol. The molecule has 3 N–H and O–H groups in total. The quantitative estimate of drug-likeness (QED) is 0.852. The van der Waals surface area contributed by atoms with Gasteiger partial charge in [-0.15, -0.1) is 0 Å². The summed E-state index contributed by atoms with van der Waals surface area (Å²) in [6.45, 7) is 3.50. The van der Waals surface area contributed by atoms with Gasteiger partial charge in [-0.1, -0.05) is 0 Å².